The molecule has 0 radical (unpaired) electrons. The first kappa shape index (κ1) is 41.7. The van der Waals surface area contributed by atoms with Gasteiger partial charge < -0.3 is 0 Å². The van der Waals surface area contributed by atoms with Gasteiger partial charge in [-0.15, -0.1) is 0 Å². The minimum absolute atomic E-state index is 0.466. The third-order valence-electron chi connectivity index (χ3n) is 18.9. The number of aryl methyl sites for hydroxylation is 3. The third-order valence-corrected chi connectivity index (χ3v) is 28.3. The molecule has 3 nitrogen and oxygen atoms in total. The van der Waals surface area contributed by atoms with E-state index in [0.717, 1.165) is 11.5 Å². The van der Waals surface area contributed by atoms with Crippen molar-refractivity contribution in [2.45, 2.75) is 37.4 Å². The molecule has 18 rings (SSSR count). The Hall–Kier alpha value is -8.64. The van der Waals surface area contributed by atoms with Gasteiger partial charge in [0, 0.05) is 0 Å². The van der Waals surface area contributed by atoms with Crippen LogP contribution >= 0.6 is 0 Å². The van der Waals surface area contributed by atoms with Gasteiger partial charge in [-0.1, -0.05) is 0 Å². The van der Waals surface area contributed by atoms with Crippen LogP contribution in [0.4, 0.5) is 34.1 Å². The van der Waals surface area contributed by atoms with Crippen LogP contribution in [0.3, 0.4) is 0 Å². The van der Waals surface area contributed by atoms with Crippen LogP contribution in [-0.4, -0.2) is 13.3 Å². The molecule has 0 aromatic heterocycles. The summed E-state index contributed by atoms with van der Waals surface area (Å²) in [5.74, 6) is 4.69. The van der Waals surface area contributed by atoms with Crippen molar-refractivity contribution in [3.05, 3.63) is 280 Å². The molecule has 0 amide bonds. The molecular weight excluding hydrogens is 981 g/mol. The first-order chi connectivity index (χ1) is 37.3. The monoisotopic (exact) mass is 1030 g/mol. The number of fused-ring (bicyclic) bond motifs is 20. The number of rotatable bonds is 2. The molecule has 0 atom stereocenters. The van der Waals surface area contributed by atoms with E-state index in [2.05, 4.69) is 255 Å². The molecule has 76 heavy (non-hydrogen) atoms. The first-order valence-electron chi connectivity index (χ1n) is 26.9. The maximum atomic E-state index is 7.40. The van der Waals surface area contributed by atoms with Crippen LogP contribution in [0.1, 0.15) is 61.2 Å². The standard InChI is InChI=1S/C72H48GeN2O/c1-41-33-62-68-63(34-41)75(45-30-32-53-51-22-10-16-28-59(51)72(61(53)40-45)56-25-13-7-19-48(56)49-20-8-14-26-57(49)72)65-36-43(3)38-67-70(65)73(68,4)69-64(35-42(2)37-66(69)76-67)74(62)44-29-31-52-50-21-9-15-27-58(50)71(60(52)39-44)54-23-11-5-17-46(54)47-18-6-12-24-55(47)71/h5-40H,1-4H3. The molecule has 0 unspecified atom stereocenters. The van der Waals surface area contributed by atoms with E-state index in [9.17, 15) is 0 Å². The van der Waals surface area contributed by atoms with E-state index in [4.69, 9.17) is 4.74 Å². The molecule has 0 saturated carbocycles. The fraction of sp³-hybridized carbons (Fsp3) is 0.0833. The molecule has 0 N–H and O–H groups in total. The van der Waals surface area contributed by atoms with Crippen molar-refractivity contribution >= 4 is 60.6 Å². The zero-order chi connectivity index (χ0) is 50.1. The fourth-order valence-corrected chi connectivity index (χ4v) is 26.4. The summed E-state index contributed by atoms with van der Waals surface area (Å²) < 4.78 is 11.7. The van der Waals surface area contributed by atoms with Crippen LogP contribution in [0.25, 0.3) is 44.5 Å². The Kier molecular flexibility index (Phi) is 7.67. The van der Waals surface area contributed by atoms with Crippen LogP contribution < -0.4 is 27.7 Å². The maximum absolute atomic E-state index is 7.40. The van der Waals surface area contributed by atoms with Gasteiger partial charge in [0.05, 0.1) is 0 Å². The number of anilines is 6. The normalized spacial score (nSPS) is 16.0. The Morgan fingerprint density at radius 1 is 0.303 bits per heavy atom. The van der Waals surface area contributed by atoms with Gasteiger partial charge in [0.1, 0.15) is 0 Å². The molecule has 0 fully saturated rings. The second-order valence-electron chi connectivity index (χ2n) is 22.6. The van der Waals surface area contributed by atoms with E-state index in [-0.39, 0.29) is 0 Å². The van der Waals surface area contributed by atoms with E-state index in [1.807, 2.05) is 0 Å². The van der Waals surface area contributed by atoms with Gasteiger partial charge in [-0.3, -0.25) is 0 Å². The number of hydrogen-bond donors (Lipinski definition) is 0. The zero-order valence-electron chi connectivity index (χ0n) is 42.6. The van der Waals surface area contributed by atoms with E-state index in [1.54, 1.807) is 0 Å². The van der Waals surface area contributed by atoms with Crippen molar-refractivity contribution in [3.63, 3.8) is 0 Å². The molecule has 3 heterocycles. The Bertz CT molecular complexity index is 4140. The summed E-state index contributed by atoms with van der Waals surface area (Å²) >= 11 is -3.63. The number of hydrogen-bond acceptors (Lipinski definition) is 3. The summed E-state index contributed by atoms with van der Waals surface area (Å²) in [7, 11) is 0. The predicted octanol–water partition coefficient (Wildman–Crippen LogP) is 16.1. The molecule has 11 aromatic carbocycles. The van der Waals surface area contributed by atoms with Crippen LogP contribution in [-0.2, 0) is 10.8 Å². The van der Waals surface area contributed by atoms with E-state index < -0.39 is 24.1 Å². The van der Waals surface area contributed by atoms with Gasteiger partial charge >= 0.3 is 448 Å². The van der Waals surface area contributed by atoms with Gasteiger partial charge in [-0.2, -0.15) is 0 Å². The molecule has 2 spiro atoms. The Labute approximate surface area is 445 Å². The Morgan fingerprint density at radius 2 is 0.579 bits per heavy atom. The average molecular weight is 1030 g/mol. The second kappa shape index (κ2) is 14.0. The van der Waals surface area contributed by atoms with E-state index >= 15 is 0 Å². The average Bonchev–Trinajstić information content (AvgIpc) is 3.76. The van der Waals surface area contributed by atoms with Crippen LogP contribution in [0.5, 0.6) is 11.5 Å². The van der Waals surface area contributed by atoms with Crippen molar-refractivity contribution in [3.8, 4) is 56.0 Å². The van der Waals surface area contributed by atoms with E-state index in [0.29, 0.717) is 0 Å². The third kappa shape index (κ3) is 4.65. The molecular formula is C72H48GeN2O. The molecule has 356 valence electrons. The van der Waals surface area contributed by atoms with Crippen LogP contribution in [0, 0.1) is 20.8 Å². The number of benzene rings is 11. The first-order valence-corrected chi connectivity index (χ1v) is 32.1. The van der Waals surface area contributed by atoms with Crippen molar-refractivity contribution < 1.29 is 4.74 Å². The van der Waals surface area contributed by atoms with Gasteiger partial charge in [0.25, 0.3) is 0 Å². The minimum atomic E-state index is -3.63. The summed E-state index contributed by atoms with van der Waals surface area (Å²) in [5.41, 5.74) is 31.4. The fourth-order valence-electron chi connectivity index (χ4n) is 16.4. The Balaban J connectivity index is 0.914. The van der Waals surface area contributed by atoms with Crippen LogP contribution in [0.2, 0.25) is 5.76 Å². The molecule has 3 aliphatic heterocycles. The molecule has 4 heteroatoms. The molecule has 4 aliphatic carbocycles. The summed E-state index contributed by atoms with van der Waals surface area (Å²) in [6.07, 6.45) is 0. The van der Waals surface area contributed by atoms with Gasteiger partial charge in [0.15, 0.2) is 0 Å². The van der Waals surface area contributed by atoms with Gasteiger partial charge in [0.2, 0.25) is 0 Å². The van der Waals surface area contributed by atoms with Crippen molar-refractivity contribution in [2.24, 2.45) is 0 Å². The van der Waals surface area contributed by atoms with Crippen molar-refractivity contribution in [1.29, 1.82) is 0 Å². The quantitative estimate of drug-likeness (QED) is 0.161. The molecule has 0 bridgehead atoms. The topological polar surface area (TPSA) is 15.7 Å². The Morgan fingerprint density at radius 3 is 0.908 bits per heavy atom. The second-order valence-corrected chi connectivity index (χ2v) is 30.5. The SMILES string of the molecule is Cc1cc2[c]3c(c1)N(c1ccc4c(c1)C1(c5ccccc5-c5ccccc51)c1ccccc1-4)c1cc(C)cc4[c]1[Ge]3([CH3])[c]1c(cc(C)cc1N4c1ccc3c(c1)C1(c4ccccc4-c4ccccc41)c1ccccc1-3)O2. The summed E-state index contributed by atoms with van der Waals surface area (Å²) in [6, 6.07) is 84.3. The summed E-state index contributed by atoms with van der Waals surface area (Å²) in [5, 5.41) is 0. The molecule has 11 aromatic rings. The number of nitrogens with zero attached hydrogens (tertiary/aromatic N) is 2. The number of ether oxygens (including phenoxy) is 1. The van der Waals surface area contributed by atoms with Gasteiger partial charge in [-0.05, 0) is 0 Å². The van der Waals surface area contributed by atoms with Crippen LogP contribution in [0.15, 0.2) is 218 Å². The van der Waals surface area contributed by atoms with Gasteiger partial charge in [-0.25, -0.2) is 0 Å². The predicted molar refractivity (Wildman–Crippen MR) is 313 cm³/mol. The summed E-state index contributed by atoms with van der Waals surface area (Å²) in [4.78, 5) is 5.28. The zero-order valence-corrected chi connectivity index (χ0v) is 44.7. The summed E-state index contributed by atoms with van der Waals surface area (Å²) in [6.45, 7) is 6.79. The molecule has 7 aliphatic rings. The molecule has 0 saturated heterocycles. The van der Waals surface area contributed by atoms with Crippen molar-refractivity contribution in [2.75, 3.05) is 9.80 Å². The van der Waals surface area contributed by atoms with Crippen molar-refractivity contribution in [1.82, 2.24) is 0 Å². The van der Waals surface area contributed by atoms with E-state index in [1.165, 1.54) is 153 Å².